The third kappa shape index (κ3) is 6.81. The van der Waals surface area contributed by atoms with Crippen molar-refractivity contribution in [3.05, 3.63) is 36.0 Å². The molecule has 9 nitrogen and oxygen atoms in total. The highest BCUT2D eigenvalue weighted by Crippen LogP contribution is 2.33. The Labute approximate surface area is 227 Å². The van der Waals surface area contributed by atoms with E-state index in [0.717, 1.165) is 37.5 Å². The second-order valence-electron chi connectivity index (χ2n) is 11.5. The van der Waals surface area contributed by atoms with Gasteiger partial charge in [0.25, 0.3) is 11.8 Å². The van der Waals surface area contributed by atoms with Crippen molar-refractivity contribution in [2.75, 3.05) is 39.3 Å². The number of halogens is 2. The average molecular weight is 543 g/mol. The number of piperazine rings is 1. The number of pyridine rings is 1. The molecule has 210 valence electrons. The van der Waals surface area contributed by atoms with Crippen molar-refractivity contribution in [2.45, 2.75) is 63.6 Å². The summed E-state index contributed by atoms with van der Waals surface area (Å²) in [5.74, 6) is -3.82. The molecule has 0 aliphatic carbocycles. The van der Waals surface area contributed by atoms with Gasteiger partial charge in [-0.3, -0.25) is 19.5 Å². The van der Waals surface area contributed by atoms with E-state index in [9.17, 15) is 18.4 Å². The number of alkyl halides is 2. The van der Waals surface area contributed by atoms with Crippen LogP contribution in [-0.2, 0) is 4.79 Å². The maximum atomic E-state index is 13.7. The summed E-state index contributed by atoms with van der Waals surface area (Å²) < 4.78 is 33.8. The van der Waals surface area contributed by atoms with E-state index >= 15 is 0 Å². The molecule has 2 aliphatic rings. The van der Waals surface area contributed by atoms with Crippen LogP contribution >= 0.6 is 0 Å². The van der Waals surface area contributed by atoms with E-state index in [1.54, 1.807) is 18.2 Å². The molecule has 2 fully saturated rings. The third-order valence-electron chi connectivity index (χ3n) is 7.32. The SMILES string of the molecule is CC(C)(CC(C)(C)N1CCNCC1)Oc1ccc2nccc(C(=O)NCC(=O)N3CC(F)(F)CC3C#N)c2c1. The highest BCUT2D eigenvalue weighted by molar-refractivity contribution is 6.07. The summed E-state index contributed by atoms with van der Waals surface area (Å²) in [6.07, 6.45) is 1.57. The fraction of sp³-hybridized carbons (Fsp3) is 0.571. The fourth-order valence-electron chi connectivity index (χ4n) is 5.71. The molecule has 0 bridgehead atoms. The Hall–Kier alpha value is -3.36. The van der Waals surface area contributed by atoms with Crippen molar-refractivity contribution in [3.8, 4) is 11.8 Å². The van der Waals surface area contributed by atoms with Crippen LogP contribution in [0.1, 0.15) is 50.9 Å². The summed E-state index contributed by atoms with van der Waals surface area (Å²) in [7, 11) is 0. The van der Waals surface area contributed by atoms with Gasteiger partial charge in [0.2, 0.25) is 5.91 Å². The zero-order valence-electron chi connectivity index (χ0n) is 22.9. The van der Waals surface area contributed by atoms with Gasteiger partial charge in [0.1, 0.15) is 17.4 Å². The van der Waals surface area contributed by atoms with Crippen LogP contribution in [0.5, 0.6) is 5.75 Å². The minimum Gasteiger partial charge on any atom is -0.488 e. The van der Waals surface area contributed by atoms with Crippen LogP contribution in [0.2, 0.25) is 0 Å². The molecule has 1 aromatic heterocycles. The molecule has 1 aromatic carbocycles. The lowest BCUT2D eigenvalue weighted by atomic mass is 9.87. The van der Waals surface area contributed by atoms with E-state index in [1.165, 1.54) is 12.3 Å². The van der Waals surface area contributed by atoms with E-state index in [2.05, 4.69) is 34.4 Å². The molecule has 0 radical (unpaired) electrons. The van der Waals surface area contributed by atoms with Crippen molar-refractivity contribution < 1.29 is 23.1 Å². The number of amides is 2. The number of fused-ring (bicyclic) bond motifs is 1. The van der Waals surface area contributed by atoms with E-state index in [4.69, 9.17) is 10.00 Å². The highest BCUT2D eigenvalue weighted by Gasteiger charge is 2.47. The number of rotatable bonds is 8. The van der Waals surface area contributed by atoms with Crippen LogP contribution in [0.3, 0.4) is 0 Å². The Bertz CT molecular complexity index is 1270. The van der Waals surface area contributed by atoms with Crippen molar-refractivity contribution >= 4 is 22.7 Å². The quantitative estimate of drug-likeness (QED) is 0.528. The second-order valence-corrected chi connectivity index (χ2v) is 11.5. The summed E-state index contributed by atoms with van der Waals surface area (Å²) in [5, 5.41) is 15.6. The first-order valence-electron chi connectivity index (χ1n) is 13.2. The second kappa shape index (κ2) is 11.0. The van der Waals surface area contributed by atoms with Crippen LogP contribution in [-0.4, -0.2) is 89.0 Å². The van der Waals surface area contributed by atoms with Gasteiger partial charge in [-0.25, -0.2) is 8.78 Å². The first-order chi connectivity index (χ1) is 18.3. The zero-order valence-corrected chi connectivity index (χ0v) is 22.9. The zero-order chi connectivity index (χ0) is 28.4. The number of likely N-dealkylation sites (tertiary alicyclic amines) is 1. The summed E-state index contributed by atoms with van der Waals surface area (Å²) in [4.78, 5) is 33.2. The minimum atomic E-state index is -3.12. The van der Waals surface area contributed by atoms with Crippen LogP contribution in [0, 0.1) is 11.3 Å². The van der Waals surface area contributed by atoms with Crippen LogP contribution in [0.25, 0.3) is 10.9 Å². The van der Waals surface area contributed by atoms with Gasteiger partial charge in [-0.1, -0.05) is 0 Å². The Morgan fingerprint density at radius 1 is 1.23 bits per heavy atom. The molecule has 0 saturated carbocycles. The molecule has 2 amide bonds. The number of hydrogen-bond donors (Lipinski definition) is 2. The maximum Gasteiger partial charge on any atom is 0.268 e. The molecule has 2 aliphatic heterocycles. The number of hydrogen-bond acceptors (Lipinski definition) is 7. The van der Waals surface area contributed by atoms with E-state index < -0.39 is 48.9 Å². The predicted octanol–water partition coefficient (Wildman–Crippen LogP) is 2.96. The van der Waals surface area contributed by atoms with Gasteiger partial charge >= 0.3 is 0 Å². The molecule has 0 spiro atoms. The summed E-state index contributed by atoms with van der Waals surface area (Å²) in [6.45, 7) is 11.1. The molecule has 1 atom stereocenters. The van der Waals surface area contributed by atoms with Gasteiger partial charge in [0.05, 0.1) is 30.2 Å². The van der Waals surface area contributed by atoms with E-state index in [-0.39, 0.29) is 11.1 Å². The van der Waals surface area contributed by atoms with Gasteiger partial charge in [-0.05, 0) is 52.0 Å². The molecule has 1 unspecified atom stereocenters. The number of carbonyl (C=O) groups is 2. The minimum absolute atomic E-state index is 0.0779. The number of carbonyl (C=O) groups excluding carboxylic acids is 2. The van der Waals surface area contributed by atoms with Gasteiger partial charge < -0.3 is 20.3 Å². The Morgan fingerprint density at radius 2 is 1.95 bits per heavy atom. The molecule has 4 rings (SSSR count). The number of nitrogens with one attached hydrogen (secondary N) is 2. The fourth-order valence-corrected chi connectivity index (χ4v) is 5.71. The lowest BCUT2D eigenvalue weighted by Crippen LogP contribution is -2.56. The molecule has 11 heteroatoms. The van der Waals surface area contributed by atoms with Crippen molar-refractivity contribution in [3.63, 3.8) is 0 Å². The highest BCUT2D eigenvalue weighted by atomic mass is 19.3. The Balaban J connectivity index is 1.46. The monoisotopic (exact) mass is 542 g/mol. The largest absolute Gasteiger partial charge is 0.488 e. The molecular weight excluding hydrogens is 506 g/mol. The van der Waals surface area contributed by atoms with E-state index in [0.29, 0.717) is 16.7 Å². The summed E-state index contributed by atoms with van der Waals surface area (Å²) >= 11 is 0. The van der Waals surface area contributed by atoms with Crippen LogP contribution in [0.15, 0.2) is 30.5 Å². The smallest absolute Gasteiger partial charge is 0.268 e. The van der Waals surface area contributed by atoms with Crippen molar-refractivity contribution in [2.24, 2.45) is 0 Å². The molecule has 39 heavy (non-hydrogen) atoms. The molecule has 3 heterocycles. The maximum absolute atomic E-state index is 13.7. The van der Waals surface area contributed by atoms with E-state index in [1.807, 2.05) is 19.9 Å². The standard InChI is InChI=1S/C28H36F2N6O3/c1-26(2,35-11-9-32-10-12-35)17-27(3,4)39-20-5-6-23-22(13-20)21(7-8-33-23)25(38)34-16-24(37)36-18-28(29,30)14-19(36)15-31/h5-8,13,19,32H,9-12,14,16-18H2,1-4H3,(H,34,38). The van der Waals surface area contributed by atoms with Crippen LogP contribution < -0.4 is 15.4 Å². The normalized spacial score (nSPS) is 20.0. The van der Waals surface area contributed by atoms with Crippen molar-refractivity contribution in [1.29, 1.82) is 5.26 Å². The third-order valence-corrected chi connectivity index (χ3v) is 7.32. The predicted molar refractivity (Wildman–Crippen MR) is 143 cm³/mol. The number of benzene rings is 1. The van der Waals surface area contributed by atoms with Gasteiger partial charge in [0, 0.05) is 56.1 Å². The molecule has 2 aromatic rings. The Morgan fingerprint density at radius 3 is 2.64 bits per heavy atom. The lowest BCUT2D eigenvalue weighted by molar-refractivity contribution is -0.131. The van der Waals surface area contributed by atoms with Crippen LogP contribution in [0.4, 0.5) is 8.78 Å². The number of aromatic nitrogens is 1. The Kier molecular flexibility index (Phi) is 8.09. The molecular formula is C28H36F2N6O3. The first kappa shape index (κ1) is 28.6. The van der Waals surface area contributed by atoms with Gasteiger partial charge in [-0.15, -0.1) is 0 Å². The summed E-state index contributed by atoms with van der Waals surface area (Å²) in [6, 6.07) is 7.40. The molecule has 2 N–H and O–H groups in total. The summed E-state index contributed by atoms with van der Waals surface area (Å²) in [5.41, 5.74) is 0.268. The number of ether oxygens (including phenoxy) is 1. The number of nitriles is 1. The molecule has 2 saturated heterocycles. The lowest BCUT2D eigenvalue weighted by Gasteiger charge is -2.45. The number of nitrogens with zero attached hydrogens (tertiary/aromatic N) is 4. The first-order valence-corrected chi connectivity index (χ1v) is 13.2. The average Bonchev–Trinajstić information content (AvgIpc) is 3.21. The van der Waals surface area contributed by atoms with Gasteiger partial charge in [-0.2, -0.15) is 5.26 Å². The van der Waals surface area contributed by atoms with Crippen molar-refractivity contribution in [1.82, 2.24) is 25.4 Å². The topological polar surface area (TPSA) is 111 Å². The van der Waals surface area contributed by atoms with Gasteiger partial charge in [0.15, 0.2) is 0 Å².